The molecule has 2 unspecified atom stereocenters. The lowest BCUT2D eigenvalue weighted by Gasteiger charge is -2.26. The van der Waals surface area contributed by atoms with Crippen molar-refractivity contribution in [3.8, 4) is 0 Å². The third-order valence-electron chi connectivity index (χ3n) is 3.90. The molecular formula is C15H17Cl2N3S. The molecule has 1 N–H and O–H groups in total. The fraction of sp³-hybridized carbons (Fsp3) is 0.467. The molecule has 2 atom stereocenters. The summed E-state index contributed by atoms with van der Waals surface area (Å²) in [4.78, 5) is 0. The van der Waals surface area contributed by atoms with Gasteiger partial charge in [-0.1, -0.05) is 41.8 Å². The Morgan fingerprint density at radius 1 is 1.29 bits per heavy atom. The second-order valence-electron chi connectivity index (χ2n) is 5.85. The van der Waals surface area contributed by atoms with Gasteiger partial charge in [-0.25, -0.2) is 0 Å². The molecule has 1 heterocycles. The van der Waals surface area contributed by atoms with Crippen LogP contribution >= 0.6 is 23.2 Å². The van der Waals surface area contributed by atoms with E-state index in [0.29, 0.717) is 21.9 Å². The van der Waals surface area contributed by atoms with Crippen LogP contribution in [-0.2, 0) is 11.4 Å². The van der Waals surface area contributed by atoms with Gasteiger partial charge in [0, 0.05) is 6.54 Å². The number of anilines is 1. The number of allylic oxidation sites excluding steroid dienone is 2. The molecule has 0 aromatic heterocycles. The van der Waals surface area contributed by atoms with E-state index in [4.69, 9.17) is 23.2 Å². The maximum absolute atomic E-state index is 6.32. The highest BCUT2D eigenvalue weighted by Crippen LogP contribution is 2.47. The molecule has 0 bridgehead atoms. The smallest absolute Gasteiger partial charge is 0.130 e. The molecule has 1 aliphatic heterocycles. The Bertz CT molecular complexity index is 678. The molecule has 6 heteroatoms. The number of rotatable bonds is 3. The summed E-state index contributed by atoms with van der Waals surface area (Å²) in [5.74, 6) is 1.27. The van der Waals surface area contributed by atoms with E-state index in [-0.39, 0.29) is 0 Å². The summed E-state index contributed by atoms with van der Waals surface area (Å²) < 4.78 is 8.55. The molecule has 1 aliphatic carbocycles. The Balaban J connectivity index is 1.77. The highest BCUT2D eigenvalue weighted by molar-refractivity contribution is 7.58. The molecule has 0 amide bonds. The Kier molecular flexibility index (Phi) is 4.38. The number of halogens is 2. The SMILES string of the molecule is CC1=CC(C)CC(CNc2c(Cl)cc(Cl)c3c2N=S=N3)C1. The second kappa shape index (κ2) is 6.11. The second-order valence-corrected chi connectivity index (χ2v) is 7.20. The predicted molar refractivity (Wildman–Crippen MR) is 92.1 cm³/mol. The summed E-state index contributed by atoms with van der Waals surface area (Å²) in [7, 11) is 0. The summed E-state index contributed by atoms with van der Waals surface area (Å²) in [5, 5.41) is 4.63. The molecule has 0 saturated heterocycles. The van der Waals surface area contributed by atoms with Crippen molar-refractivity contribution in [3.63, 3.8) is 0 Å². The Hall–Kier alpha value is -0.840. The minimum atomic E-state index is 0.555. The molecule has 0 radical (unpaired) electrons. The largest absolute Gasteiger partial charge is 0.382 e. The molecule has 2 aliphatic rings. The lowest BCUT2D eigenvalue weighted by Crippen LogP contribution is -2.20. The first-order valence-electron chi connectivity index (χ1n) is 7.06. The van der Waals surface area contributed by atoms with Crippen molar-refractivity contribution in [1.29, 1.82) is 0 Å². The topological polar surface area (TPSA) is 36.8 Å². The molecule has 0 spiro atoms. The van der Waals surface area contributed by atoms with Crippen LogP contribution in [0, 0.1) is 11.8 Å². The number of hydrogen-bond donors (Lipinski definition) is 1. The van der Waals surface area contributed by atoms with Crippen molar-refractivity contribution in [2.24, 2.45) is 20.6 Å². The van der Waals surface area contributed by atoms with Crippen molar-refractivity contribution in [2.45, 2.75) is 26.7 Å². The van der Waals surface area contributed by atoms with Crippen LogP contribution in [0.3, 0.4) is 0 Å². The first-order valence-corrected chi connectivity index (χ1v) is 8.54. The lowest BCUT2D eigenvalue weighted by atomic mass is 9.83. The molecule has 0 saturated carbocycles. The van der Waals surface area contributed by atoms with Crippen LogP contribution in [0.2, 0.25) is 10.0 Å². The monoisotopic (exact) mass is 341 g/mol. The third kappa shape index (κ3) is 3.17. The van der Waals surface area contributed by atoms with E-state index in [9.17, 15) is 0 Å². The van der Waals surface area contributed by atoms with Gasteiger partial charge in [0.05, 0.1) is 27.1 Å². The van der Waals surface area contributed by atoms with Gasteiger partial charge in [0.1, 0.15) is 11.4 Å². The first kappa shape index (κ1) is 15.1. The fourth-order valence-electron chi connectivity index (χ4n) is 3.13. The quantitative estimate of drug-likeness (QED) is 0.670. The molecule has 1 aromatic rings. The van der Waals surface area contributed by atoms with E-state index in [1.54, 1.807) is 6.07 Å². The van der Waals surface area contributed by atoms with E-state index in [0.717, 1.165) is 41.4 Å². The van der Waals surface area contributed by atoms with Crippen LogP contribution in [0.15, 0.2) is 26.4 Å². The Morgan fingerprint density at radius 3 is 2.81 bits per heavy atom. The summed E-state index contributed by atoms with van der Waals surface area (Å²) in [6.07, 6.45) is 4.71. The van der Waals surface area contributed by atoms with E-state index in [1.165, 1.54) is 12.0 Å². The van der Waals surface area contributed by atoms with Crippen LogP contribution < -0.4 is 5.32 Å². The van der Waals surface area contributed by atoms with Gasteiger partial charge >= 0.3 is 0 Å². The van der Waals surface area contributed by atoms with Crippen molar-refractivity contribution < 1.29 is 0 Å². The van der Waals surface area contributed by atoms with Gasteiger partial charge < -0.3 is 5.32 Å². The summed E-state index contributed by atoms with van der Waals surface area (Å²) in [6, 6.07) is 1.74. The number of nitrogens with zero attached hydrogens (tertiary/aromatic N) is 2. The minimum absolute atomic E-state index is 0.555. The number of fused-ring (bicyclic) bond motifs is 1. The van der Waals surface area contributed by atoms with E-state index in [2.05, 4.69) is 34.0 Å². The zero-order valence-electron chi connectivity index (χ0n) is 12.0. The highest BCUT2D eigenvalue weighted by atomic mass is 35.5. The van der Waals surface area contributed by atoms with E-state index < -0.39 is 0 Å². The molecule has 112 valence electrons. The number of hydrogen-bond acceptors (Lipinski definition) is 3. The van der Waals surface area contributed by atoms with Crippen LogP contribution in [0.1, 0.15) is 26.7 Å². The van der Waals surface area contributed by atoms with Gasteiger partial charge in [0.2, 0.25) is 0 Å². The molecule has 1 aromatic carbocycles. The van der Waals surface area contributed by atoms with Crippen molar-refractivity contribution >= 4 is 51.6 Å². The van der Waals surface area contributed by atoms with Gasteiger partial charge in [0.15, 0.2) is 0 Å². The number of nitrogens with one attached hydrogen (secondary N) is 1. The number of benzene rings is 1. The van der Waals surface area contributed by atoms with Gasteiger partial charge in [-0.3, -0.25) is 0 Å². The van der Waals surface area contributed by atoms with Crippen LogP contribution in [0.5, 0.6) is 0 Å². The lowest BCUT2D eigenvalue weighted by molar-refractivity contribution is 0.421. The Labute approximate surface area is 138 Å². The maximum atomic E-state index is 6.32. The summed E-state index contributed by atoms with van der Waals surface area (Å²) in [6.45, 7) is 5.37. The van der Waals surface area contributed by atoms with Crippen LogP contribution in [0.25, 0.3) is 0 Å². The van der Waals surface area contributed by atoms with Crippen molar-refractivity contribution in [1.82, 2.24) is 0 Å². The normalized spacial score (nSPS) is 23.5. The van der Waals surface area contributed by atoms with Gasteiger partial charge in [-0.2, -0.15) is 8.73 Å². The average molecular weight is 342 g/mol. The summed E-state index contributed by atoms with van der Waals surface area (Å²) in [5.41, 5.74) is 3.82. The summed E-state index contributed by atoms with van der Waals surface area (Å²) >= 11 is 13.6. The maximum Gasteiger partial charge on any atom is 0.130 e. The van der Waals surface area contributed by atoms with Gasteiger partial charge in [0.25, 0.3) is 0 Å². The molecule has 3 rings (SSSR count). The van der Waals surface area contributed by atoms with Gasteiger partial charge in [-0.05, 0) is 37.7 Å². The van der Waals surface area contributed by atoms with E-state index >= 15 is 0 Å². The van der Waals surface area contributed by atoms with Crippen molar-refractivity contribution in [2.75, 3.05) is 11.9 Å². The Morgan fingerprint density at radius 2 is 2.05 bits per heavy atom. The van der Waals surface area contributed by atoms with Crippen LogP contribution in [-0.4, -0.2) is 6.54 Å². The zero-order chi connectivity index (χ0) is 15.0. The standard InChI is InChI=1S/C15H17Cl2N3S/c1-8-3-9(2)5-10(4-8)7-18-13-11(16)6-12(17)14-15(13)20-21-19-14/h3,6,8,10,18H,4-5,7H2,1-2H3. The average Bonchev–Trinajstić information content (AvgIpc) is 2.86. The fourth-order valence-corrected chi connectivity index (χ4v) is 4.31. The molecular weight excluding hydrogens is 325 g/mol. The van der Waals surface area contributed by atoms with Crippen LogP contribution in [0.4, 0.5) is 17.1 Å². The zero-order valence-corrected chi connectivity index (χ0v) is 14.3. The van der Waals surface area contributed by atoms with E-state index in [1.807, 2.05) is 0 Å². The molecule has 3 nitrogen and oxygen atoms in total. The highest BCUT2D eigenvalue weighted by Gasteiger charge is 2.21. The molecule has 0 fully saturated rings. The third-order valence-corrected chi connectivity index (χ3v) is 5.01. The van der Waals surface area contributed by atoms with Gasteiger partial charge in [-0.15, -0.1) is 0 Å². The van der Waals surface area contributed by atoms with Crippen molar-refractivity contribution in [3.05, 3.63) is 27.8 Å². The first-order chi connectivity index (χ1) is 10.0. The predicted octanol–water partition coefficient (Wildman–Crippen LogP) is 6.12. The minimum Gasteiger partial charge on any atom is -0.382 e. The molecule has 21 heavy (non-hydrogen) atoms.